The Labute approximate surface area is 359 Å². The molecule has 0 radical (unpaired) electrons. The number of benzene rings is 2. The number of nitrogens with zero attached hydrogens (tertiary/aromatic N) is 8. The molecule has 0 N–H and O–H groups in total. The molecule has 1 unspecified atom stereocenters. The molecule has 0 spiro atoms. The first-order chi connectivity index (χ1) is 28.6. The fourth-order valence-electron chi connectivity index (χ4n) is 8.56. The van der Waals surface area contributed by atoms with Crippen LogP contribution in [0.25, 0.3) is 0 Å². The molecule has 60 heavy (non-hydrogen) atoms. The Balaban J connectivity index is 0.000000193. The number of piperidine rings is 1. The molecule has 3 aromatic heterocycles. The first-order valence-electron chi connectivity index (χ1n) is 19.4. The molecule has 1 aliphatic heterocycles. The molecule has 20 heteroatoms. The molecule has 3 atom stereocenters. The molecule has 4 heterocycles. The van der Waals surface area contributed by atoms with Gasteiger partial charge in [-0.1, -0.05) is 23.2 Å². The Morgan fingerprint density at radius 1 is 0.750 bits per heavy atom. The van der Waals surface area contributed by atoms with Crippen molar-refractivity contribution in [2.75, 3.05) is 25.1 Å². The van der Waals surface area contributed by atoms with Crippen LogP contribution >= 0.6 is 39.1 Å². The number of pyridine rings is 1. The quantitative estimate of drug-likeness (QED) is 0.113. The molecule has 5 aromatic rings. The molecular weight excluding hydrogens is 905 g/mol. The summed E-state index contributed by atoms with van der Waals surface area (Å²) < 4.78 is 99.5. The molecule has 4 aliphatic rings. The number of hydrogen-bond acceptors (Lipinski definition) is 9. The Hall–Kier alpha value is -4.29. The van der Waals surface area contributed by atoms with Gasteiger partial charge in [0, 0.05) is 88.4 Å². The van der Waals surface area contributed by atoms with Gasteiger partial charge < -0.3 is 19.1 Å². The molecule has 2 aromatic carbocycles. The second-order valence-corrected chi connectivity index (χ2v) is 17.4. The highest BCUT2D eigenvalue weighted by molar-refractivity contribution is 9.10. The van der Waals surface area contributed by atoms with E-state index in [0.717, 1.165) is 31.6 Å². The highest BCUT2D eigenvalue weighted by atomic mass is 79.9. The molecule has 320 valence electrons. The zero-order valence-corrected chi connectivity index (χ0v) is 35.2. The number of ether oxygens (including phenoxy) is 3. The van der Waals surface area contributed by atoms with Crippen molar-refractivity contribution >= 4 is 44.8 Å². The van der Waals surface area contributed by atoms with E-state index in [1.807, 2.05) is 12.1 Å². The first kappa shape index (κ1) is 42.4. The van der Waals surface area contributed by atoms with Crippen LogP contribution in [0.2, 0.25) is 10.0 Å². The fourth-order valence-corrected chi connectivity index (χ4v) is 9.24. The average molecular weight is 945 g/mol. The van der Waals surface area contributed by atoms with Crippen molar-refractivity contribution in [3.63, 3.8) is 0 Å². The lowest BCUT2D eigenvalue weighted by molar-refractivity contribution is -0.115. The maximum Gasteiger partial charge on any atom is 0.321 e. The molecule has 0 amide bonds. The molecule has 2 bridgehead atoms. The van der Waals surface area contributed by atoms with Gasteiger partial charge in [0.15, 0.2) is 5.82 Å². The molecule has 1 saturated heterocycles. The minimum absolute atomic E-state index is 0.0671. The number of anilines is 1. The predicted octanol–water partition coefficient (Wildman–Crippen LogP) is 10.7. The van der Waals surface area contributed by atoms with Crippen LogP contribution in [0.5, 0.6) is 29.4 Å². The van der Waals surface area contributed by atoms with Gasteiger partial charge in [0.05, 0.1) is 17.2 Å². The van der Waals surface area contributed by atoms with Crippen molar-refractivity contribution < 1.29 is 40.6 Å². The van der Waals surface area contributed by atoms with E-state index in [0.29, 0.717) is 48.2 Å². The van der Waals surface area contributed by atoms with E-state index in [9.17, 15) is 26.3 Å². The monoisotopic (exact) mass is 942 g/mol. The van der Waals surface area contributed by atoms with Gasteiger partial charge in [-0.2, -0.15) is 15.1 Å². The third kappa shape index (κ3) is 9.91. The van der Waals surface area contributed by atoms with E-state index in [1.54, 1.807) is 18.0 Å². The second-order valence-electron chi connectivity index (χ2n) is 15.9. The lowest BCUT2D eigenvalue weighted by atomic mass is 9.81. The largest absolute Gasteiger partial charge is 0.481 e. The predicted molar refractivity (Wildman–Crippen MR) is 212 cm³/mol. The van der Waals surface area contributed by atoms with E-state index in [2.05, 4.69) is 40.9 Å². The molecule has 3 aliphatic carbocycles. The smallest absolute Gasteiger partial charge is 0.321 e. The van der Waals surface area contributed by atoms with Crippen molar-refractivity contribution in [1.82, 2.24) is 34.5 Å². The van der Waals surface area contributed by atoms with Crippen LogP contribution in [0, 0.1) is 41.2 Å². The van der Waals surface area contributed by atoms with E-state index in [1.165, 1.54) is 41.1 Å². The van der Waals surface area contributed by atoms with Crippen molar-refractivity contribution in [3.8, 4) is 29.4 Å². The van der Waals surface area contributed by atoms with Gasteiger partial charge in [0.1, 0.15) is 23.1 Å². The number of rotatable bonds is 12. The van der Waals surface area contributed by atoms with Crippen LogP contribution in [0.4, 0.5) is 32.0 Å². The second kappa shape index (κ2) is 17.2. The summed E-state index contributed by atoms with van der Waals surface area (Å²) in [6, 6.07) is 12.2. The van der Waals surface area contributed by atoms with Crippen LogP contribution < -0.4 is 19.1 Å². The van der Waals surface area contributed by atoms with Gasteiger partial charge in [-0.05, 0) is 88.7 Å². The van der Waals surface area contributed by atoms with Crippen LogP contribution in [0.1, 0.15) is 44.3 Å². The fraction of sp³-hybridized carbons (Fsp3) is 0.475. The lowest BCUT2D eigenvalue weighted by Crippen LogP contribution is -2.42. The van der Waals surface area contributed by atoms with Crippen LogP contribution in [0.3, 0.4) is 0 Å². The zero-order chi connectivity index (χ0) is 42.3. The number of halogens is 9. The summed E-state index contributed by atoms with van der Waals surface area (Å²) in [6.07, 6.45) is 4.05. The van der Waals surface area contributed by atoms with Crippen LogP contribution in [0.15, 0.2) is 59.5 Å². The third-order valence-corrected chi connectivity index (χ3v) is 12.4. The van der Waals surface area contributed by atoms with Gasteiger partial charge in [-0.25, -0.2) is 40.7 Å². The van der Waals surface area contributed by atoms with Crippen molar-refractivity contribution in [2.45, 2.75) is 69.9 Å². The SMILES string of the molecule is COc1cc(N2C[C@H]3CC[C@@H](C2)C3Cc2nc(Oc3ccc(F)c(Cl)c3)n(CC3CC(F)(F)C3)n2)ccn1.Fc1ccc(Oc2nc(Br)nn2CC2CC(F)(F)C2)cc1Cl. The average Bonchev–Trinajstić information content (AvgIpc) is 3.79. The Morgan fingerprint density at radius 2 is 1.28 bits per heavy atom. The Bertz CT molecular complexity index is 2310. The normalized spacial score (nSPS) is 21.8. The van der Waals surface area contributed by atoms with Gasteiger partial charge >= 0.3 is 12.0 Å². The summed E-state index contributed by atoms with van der Waals surface area (Å²) in [7, 11) is 1.62. The van der Waals surface area contributed by atoms with E-state index in [4.69, 9.17) is 42.5 Å². The molecule has 4 fully saturated rings. The van der Waals surface area contributed by atoms with Gasteiger partial charge in [0.2, 0.25) is 22.5 Å². The van der Waals surface area contributed by atoms with Gasteiger partial charge in [-0.3, -0.25) is 0 Å². The van der Waals surface area contributed by atoms with Crippen LogP contribution in [-0.2, 0) is 19.5 Å². The molecule has 9 rings (SSSR count). The number of hydrogen-bond donors (Lipinski definition) is 0. The zero-order valence-electron chi connectivity index (χ0n) is 32.1. The maximum absolute atomic E-state index is 13.6. The van der Waals surface area contributed by atoms with Gasteiger partial charge in [0.25, 0.3) is 0 Å². The number of aromatic nitrogens is 7. The number of fused-ring (bicyclic) bond motifs is 2. The summed E-state index contributed by atoms with van der Waals surface area (Å²) in [6.45, 7) is 2.44. The highest BCUT2D eigenvalue weighted by Crippen LogP contribution is 2.46. The highest BCUT2D eigenvalue weighted by Gasteiger charge is 2.47. The van der Waals surface area contributed by atoms with Gasteiger partial charge in [-0.15, -0.1) is 5.10 Å². The Kier molecular flexibility index (Phi) is 12.2. The standard InChI is InChI=1S/C27H29ClF3N5O2.C13H10BrClF3N3O/c1-37-25-8-19(6-7-32-25)35-14-17-2-3-18(15-35)21(17)10-24-33-26(38-20-4-5-23(29)22(28)9-20)36(34-24)13-16-11-27(30,31)12-16;14-11-19-12(22-8-1-2-10(16)9(15)3-8)21(20-11)6-7-4-13(17,18)5-7/h4-9,16-18,21H,2-3,10-15H2,1H3;1-3,7H,4-6H2/t17-,18+,21?;. The minimum Gasteiger partial charge on any atom is -0.481 e. The Morgan fingerprint density at radius 3 is 1.80 bits per heavy atom. The summed E-state index contributed by atoms with van der Waals surface area (Å²) in [5, 5.41) is 8.61. The molecule has 3 saturated carbocycles. The third-order valence-electron chi connectivity index (χ3n) is 11.4. The summed E-state index contributed by atoms with van der Waals surface area (Å²) >= 11 is 14.7. The van der Waals surface area contributed by atoms with E-state index < -0.39 is 23.5 Å². The number of methoxy groups -OCH3 is 1. The van der Waals surface area contributed by atoms with E-state index >= 15 is 0 Å². The lowest BCUT2D eigenvalue weighted by Gasteiger charge is -2.39. The summed E-state index contributed by atoms with van der Waals surface area (Å²) in [5.74, 6) is -3.45. The van der Waals surface area contributed by atoms with Crippen LogP contribution in [-0.4, -0.2) is 66.6 Å². The first-order valence-corrected chi connectivity index (χ1v) is 20.9. The number of alkyl halides is 4. The van der Waals surface area contributed by atoms with Crippen molar-refractivity contribution in [1.29, 1.82) is 0 Å². The molecule has 11 nitrogen and oxygen atoms in total. The molecular formula is C40H39BrCl2F6N8O3. The minimum atomic E-state index is -2.62. The van der Waals surface area contributed by atoms with Crippen molar-refractivity contribution in [2.24, 2.45) is 29.6 Å². The summed E-state index contributed by atoms with van der Waals surface area (Å²) in [5.41, 5.74) is 1.11. The van der Waals surface area contributed by atoms with Crippen molar-refractivity contribution in [3.05, 3.63) is 87.0 Å². The summed E-state index contributed by atoms with van der Waals surface area (Å²) in [4.78, 5) is 15.3. The van der Waals surface area contributed by atoms with E-state index in [-0.39, 0.29) is 76.6 Å². The maximum atomic E-state index is 13.6. The topological polar surface area (TPSA) is 105 Å².